The first-order valence-corrected chi connectivity index (χ1v) is 13.0. The minimum atomic E-state index is -0.190. The van der Waals surface area contributed by atoms with E-state index in [1.54, 1.807) is 42.4 Å². The molecular formula is C29H23N5O3S. The molecule has 0 saturated heterocycles. The number of thioether (sulfide) groups is 1. The van der Waals surface area contributed by atoms with E-state index < -0.39 is 0 Å². The molecule has 0 unspecified atom stereocenters. The number of anilines is 1. The minimum Gasteiger partial charge on any atom is -0.454 e. The summed E-state index contributed by atoms with van der Waals surface area (Å²) in [6, 6.07) is 25.0. The van der Waals surface area contributed by atoms with Crippen molar-refractivity contribution < 1.29 is 14.3 Å². The summed E-state index contributed by atoms with van der Waals surface area (Å²) in [5.41, 5.74) is 5.39. The lowest BCUT2D eigenvalue weighted by Crippen LogP contribution is -2.11. The molecule has 8 nitrogen and oxygen atoms in total. The van der Waals surface area contributed by atoms with E-state index in [2.05, 4.69) is 44.1 Å². The molecule has 0 radical (unpaired) electrons. The van der Waals surface area contributed by atoms with Crippen LogP contribution in [0.4, 0.5) is 5.69 Å². The number of carbonyl (C=O) groups excluding carboxylic acids is 1. The van der Waals surface area contributed by atoms with Crippen molar-refractivity contribution >= 4 is 23.4 Å². The van der Waals surface area contributed by atoms with Crippen LogP contribution in [-0.4, -0.2) is 32.4 Å². The van der Waals surface area contributed by atoms with Gasteiger partial charge in [0.25, 0.3) is 5.91 Å². The summed E-state index contributed by atoms with van der Waals surface area (Å²) in [6.45, 7) is 2.27. The lowest BCUT2D eigenvalue weighted by atomic mass is 10.1. The molecule has 0 saturated carbocycles. The third-order valence-electron chi connectivity index (χ3n) is 6.14. The fourth-order valence-corrected chi connectivity index (χ4v) is 5.06. The van der Waals surface area contributed by atoms with Gasteiger partial charge in [0.05, 0.1) is 5.69 Å². The Balaban J connectivity index is 1.18. The highest BCUT2D eigenvalue weighted by Gasteiger charge is 2.18. The largest absolute Gasteiger partial charge is 0.454 e. The first kappa shape index (κ1) is 23.7. The summed E-state index contributed by atoms with van der Waals surface area (Å²) in [5, 5.41) is 12.7. The maximum Gasteiger partial charge on any atom is 0.255 e. The number of aromatic nitrogens is 4. The molecule has 0 atom stereocenters. The first-order chi connectivity index (χ1) is 18.7. The van der Waals surface area contributed by atoms with Crippen molar-refractivity contribution in [2.45, 2.75) is 17.8 Å². The van der Waals surface area contributed by atoms with Crippen LogP contribution < -0.4 is 14.8 Å². The van der Waals surface area contributed by atoms with Gasteiger partial charge in [-0.2, -0.15) is 0 Å². The zero-order valence-corrected chi connectivity index (χ0v) is 21.3. The lowest BCUT2D eigenvalue weighted by Gasteiger charge is -2.13. The summed E-state index contributed by atoms with van der Waals surface area (Å²) >= 11 is 1.59. The van der Waals surface area contributed by atoms with Crippen molar-refractivity contribution in [1.29, 1.82) is 0 Å². The third-order valence-corrected chi connectivity index (χ3v) is 7.14. The summed E-state index contributed by atoms with van der Waals surface area (Å²) in [4.78, 5) is 16.9. The SMILES string of the molecule is Cc1ccccc1-n1c(SCc2ccc(C(=O)Nc3ccc4c(c3)OCO4)cc2)nnc1-c1ccncc1. The summed E-state index contributed by atoms with van der Waals surface area (Å²) < 4.78 is 12.8. The highest BCUT2D eigenvalue weighted by atomic mass is 32.2. The minimum absolute atomic E-state index is 0.190. The molecule has 1 N–H and O–H groups in total. The molecule has 2 aromatic heterocycles. The molecule has 0 fully saturated rings. The van der Waals surface area contributed by atoms with Crippen LogP contribution in [0.15, 0.2) is 96.4 Å². The van der Waals surface area contributed by atoms with E-state index in [-0.39, 0.29) is 12.7 Å². The Morgan fingerprint density at radius 1 is 0.947 bits per heavy atom. The molecule has 9 heteroatoms. The molecular weight excluding hydrogens is 498 g/mol. The van der Waals surface area contributed by atoms with Crippen LogP contribution in [0, 0.1) is 6.92 Å². The molecule has 3 heterocycles. The van der Waals surface area contributed by atoms with Crippen molar-refractivity contribution in [2.75, 3.05) is 12.1 Å². The van der Waals surface area contributed by atoms with Crippen LogP contribution in [-0.2, 0) is 5.75 Å². The predicted octanol–water partition coefficient (Wildman–Crippen LogP) is 5.91. The molecule has 0 spiro atoms. The van der Waals surface area contributed by atoms with E-state index in [9.17, 15) is 4.79 Å². The molecule has 38 heavy (non-hydrogen) atoms. The van der Waals surface area contributed by atoms with Gasteiger partial charge >= 0.3 is 0 Å². The Labute approximate surface area is 223 Å². The number of rotatable bonds is 7. The zero-order chi connectivity index (χ0) is 25.9. The number of nitrogens with zero attached hydrogens (tertiary/aromatic N) is 4. The van der Waals surface area contributed by atoms with Crippen LogP contribution in [0.5, 0.6) is 11.5 Å². The van der Waals surface area contributed by atoms with Gasteiger partial charge in [-0.3, -0.25) is 14.3 Å². The molecule has 0 bridgehead atoms. The predicted molar refractivity (Wildman–Crippen MR) is 146 cm³/mol. The molecule has 1 amide bonds. The standard InChI is InChI=1S/C29H23N5O3S/c1-19-4-2-3-5-24(19)34-27(21-12-14-30-15-13-21)32-33-29(34)38-17-20-6-8-22(9-7-20)28(35)31-23-10-11-25-26(16-23)37-18-36-25/h2-16H,17-18H2,1H3,(H,31,35). The van der Waals surface area contributed by atoms with Gasteiger partial charge in [0.1, 0.15) is 0 Å². The normalized spacial score (nSPS) is 11.9. The maximum atomic E-state index is 12.8. The number of aryl methyl sites for hydroxylation is 1. The van der Waals surface area contributed by atoms with Crippen molar-refractivity contribution in [1.82, 2.24) is 19.7 Å². The van der Waals surface area contributed by atoms with Gasteiger partial charge < -0.3 is 14.8 Å². The second-order valence-corrected chi connectivity index (χ2v) is 9.61. The molecule has 3 aromatic carbocycles. The molecule has 0 aliphatic carbocycles. The van der Waals surface area contributed by atoms with E-state index in [1.807, 2.05) is 48.5 Å². The number of amides is 1. The first-order valence-electron chi connectivity index (χ1n) is 12.0. The summed E-state index contributed by atoms with van der Waals surface area (Å²) in [7, 11) is 0. The van der Waals surface area contributed by atoms with Crippen LogP contribution in [0.25, 0.3) is 17.1 Å². The topological polar surface area (TPSA) is 91.2 Å². The molecule has 5 aromatic rings. The molecule has 6 rings (SSSR count). The van der Waals surface area contributed by atoms with Crippen LogP contribution in [0.2, 0.25) is 0 Å². The van der Waals surface area contributed by atoms with Gasteiger partial charge in [0.2, 0.25) is 6.79 Å². The third kappa shape index (κ3) is 4.83. The number of para-hydroxylation sites is 1. The van der Waals surface area contributed by atoms with Crippen LogP contribution >= 0.6 is 11.8 Å². The molecule has 188 valence electrons. The van der Waals surface area contributed by atoms with Gasteiger partial charge in [-0.25, -0.2) is 0 Å². The van der Waals surface area contributed by atoms with Crippen molar-refractivity contribution in [3.05, 3.63) is 108 Å². The number of benzene rings is 3. The van der Waals surface area contributed by atoms with Gasteiger partial charge in [-0.1, -0.05) is 42.1 Å². The number of pyridine rings is 1. The van der Waals surface area contributed by atoms with Crippen molar-refractivity contribution in [2.24, 2.45) is 0 Å². The monoisotopic (exact) mass is 521 g/mol. The second kappa shape index (κ2) is 10.4. The number of hydrogen-bond acceptors (Lipinski definition) is 7. The number of nitrogens with one attached hydrogen (secondary N) is 1. The van der Waals surface area contributed by atoms with Gasteiger partial charge in [0, 0.05) is 41.0 Å². The zero-order valence-electron chi connectivity index (χ0n) is 20.5. The number of fused-ring (bicyclic) bond motifs is 1. The Hall–Kier alpha value is -4.63. The quantitative estimate of drug-likeness (QED) is 0.266. The van der Waals surface area contributed by atoms with Gasteiger partial charge in [0.15, 0.2) is 22.5 Å². The van der Waals surface area contributed by atoms with Gasteiger partial charge in [-0.15, -0.1) is 10.2 Å². The Morgan fingerprint density at radius 3 is 2.55 bits per heavy atom. The van der Waals surface area contributed by atoms with Crippen LogP contribution in [0.1, 0.15) is 21.5 Å². The van der Waals surface area contributed by atoms with E-state index in [1.165, 1.54) is 0 Å². The average molecular weight is 522 g/mol. The molecule has 1 aliphatic rings. The Morgan fingerprint density at radius 2 is 1.74 bits per heavy atom. The number of carbonyl (C=O) groups is 1. The highest BCUT2D eigenvalue weighted by molar-refractivity contribution is 7.98. The maximum absolute atomic E-state index is 12.8. The molecule has 1 aliphatic heterocycles. The van der Waals surface area contributed by atoms with E-state index in [0.717, 1.165) is 33.4 Å². The van der Waals surface area contributed by atoms with Gasteiger partial charge in [-0.05, 0) is 60.5 Å². The lowest BCUT2D eigenvalue weighted by molar-refractivity contribution is 0.102. The second-order valence-electron chi connectivity index (χ2n) is 8.67. The Bertz CT molecular complexity index is 1600. The van der Waals surface area contributed by atoms with E-state index >= 15 is 0 Å². The van der Waals surface area contributed by atoms with E-state index in [4.69, 9.17) is 9.47 Å². The highest BCUT2D eigenvalue weighted by Crippen LogP contribution is 2.34. The average Bonchev–Trinajstić information content (AvgIpc) is 3.60. The summed E-state index contributed by atoms with van der Waals surface area (Å²) in [6.07, 6.45) is 3.51. The summed E-state index contributed by atoms with van der Waals surface area (Å²) in [5.74, 6) is 2.55. The number of hydrogen-bond donors (Lipinski definition) is 1. The van der Waals surface area contributed by atoms with Crippen LogP contribution in [0.3, 0.4) is 0 Å². The Kier molecular flexibility index (Phi) is 6.49. The van der Waals surface area contributed by atoms with Crippen molar-refractivity contribution in [3.63, 3.8) is 0 Å². The fourth-order valence-electron chi connectivity index (χ4n) is 4.16. The fraction of sp³-hybridized carbons (Fsp3) is 0.103. The van der Waals surface area contributed by atoms with E-state index in [0.29, 0.717) is 28.5 Å². The number of ether oxygens (including phenoxy) is 2. The van der Waals surface area contributed by atoms with Crippen molar-refractivity contribution in [3.8, 4) is 28.6 Å². The smallest absolute Gasteiger partial charge is 0.255 e.